The zero-order chi connectivity index (χ0) is 9.80. The zero-order valence-corrected chi connectivity index (χ0v) is 8.62. The van der Waals surface area contributed by atoms with Crippen LogP contribution in [0.4, 0.5) is 0 Å². The van der Waals surface area contributed by atoms with Crippen LogP contribution < -0.4 is 0 Å². The van der Waals surface area contributed by atoms with Crippen molar-refractivity contribution in [2.45, 2.75) is 17.6 Å². The third-order valence-corrected chi connectivity index (χ3v) is 2.74. The Morgan fingerprint density at radius 2 is 2.14 bits per heavy atom. The summed E-state index contributed by atoms with van der Waals surface area (Å²) >= 11 is 1.71. The van der Waals surface area contributed by atoms with Gasteiger partial charge in [-0.3, -0.25) is 4.98 Å². The lowest BCUT2D eigenvalue weighted by Crippen LogP contribution is -1.76. The quantitative estimate of drug-likeness (QED) is 0.724. The van der Waals surface area contributed by atoms with Gasteiger partial charge in [0.15, 0.2) is 0 Å². The van der Waals surface area contributed by atoms with Gasteiger partial charge in [0.2, 0.25) is 0 Å². The number of pyridine rings is 1. The van der Waals surface area contributed by atoms with Crippen LogP contribution in [0.1, 0.15) is 11.5 Å². The van der Waals surface area contributed by atoms with Crippen LogP contribution in [0.3, 0.4) is 0 Å². The molecule has 0 fully saturated rings. The van der Waals surface area contributed by atoms with Gasteiger partial charge >= 0.3 is 0 Å². The SMILES string of the molecule is Cc1cc(CSc2ccncc2)on1. The van der Waals surface area contributed by atoms with Gasteiger partial charge in [-0.05, 0) is 19.1 Å². The fraction of sp³-hybridized carbons (Fsp3) is 0.200. The molecular weight excluding hydrogens is 196 g/mol. The van der Waals surface area contributed by atoms with Gasteiger partial charge in [-0.1, -0.05) is 5.16 Å². The highest BCUT2D eigenvalue weighted by Crippen LogP contribution is 2.21. The molecule has 0 aliphatic rings. The smallest absolute Gasteiger partial charge is 0.147 e. The van der Waals surface area contributed by atoms with Crippen LogP contribution in [0, 0.1) is 6.92 Å². The molecule has 0 aromatic carbocycles. The van der Waals surface area contributed by atoms with Crippen molar-refractivity contribution in [2.75, 3.05) is 0 Å². The number of aromatic nitrogens is 2. The fourth-order valence-electron chi connectivity index (χ4n) is 1.07. The van der Waals surface area contributed by atoms with E-state index in [9.17, 15) is 0 Å². The molecule has 3 nitrogen and oxygen atoms in total. The van der Waals surface area contributed by atoms with Gasteiger partial charge in [-0.2, -0.15) is 0 Å². The second-order valence-electron chi connectivity index (χ2n) is 2.91. The Bertz CT molecular complexity index is 400. The minimum Gasteiger partial charge on any atom is -0.360 e. The Hall–Kier alpha value is -1.29. The molecule has 2 aromatic heterocycles. The van der Waals surface area contributed by atoms with Crippen molar-refractivity contribution in [3.63, 3.8) is 0 Å². The fourth-order valence-corrected chi connectivity index (χ4v) is 1.83. The van der Waals surface area contributed by atoms with Crippen molar-refractivity contribution in [3.8, 4) is 0 Å². The Labute approximate surface area is 86.5 Å². The van der Waals surface area contributed by atoms with E-state index in [0.717, 1.165) is 17.2 Å². The van der Waals surface area contributed by atoms with Crippen molar-refractivity contribution in [2.24, 2.45) is 0 Å². The Morgan fingerprint density at radius 3 is 2.79 bits per heavy atom. The van der Waals surface area contributed by atoms with Crippen LogP contribution in [0.15, 0.2) is 40.0 Å². The van der Waals surface area contributed by atoms with Crippen LogP contribution in [0.5, 0.6) is 0 Å². The second-order valence-corrected chi connectivity index (χ2v) is 3.95. The Morgan fingerprint density at radius 1 is 1.36 bits per heavy atom. The minimum absolute atomic E-state index is 0.810. The molecule has 0 unspecified atom stereocenters. The molecule has 0 radical (unpaired) electrons. The molecule has 0 saturated heterocycles. The van der Waals surface area contributed by atoms with Gasteiger partial charge < -0.3 is 4.52 Å². The number of hydrogen-bond acceptors (Lipinski definition) is 4. The largest absolute Gasteiger partial charge is 0.360 e. The van der Waals surface area contributed by atoms with Crippen molar-refractivity contribution in [1.82, 2.24) is 10.1 Å². The number of nitrogens with zero attached hydrogens (tertiary/aromatic N) is 2. The molecule has 2 rings (SSSR count). The van der Waals surface area contributed by atoms with E-state index < -0.39 is 0 Å². The molecule has 14 heavy (non-hydrogen) atoms. The molecule has 0 aliphatic heterocycles. The van der Waals surface area contributed by atoms with Crippen molar-refractivity contribution in [1.29, 1.82) is 0 Å². The highest BCUT2D eigenvalue weighted by molar-refractivity contribution is 7.98. The maximum absolute atomic E-state index is 5.10. The van der Waals surface area contributed by atoms with Crippen LogP contribution in [0.2, 0.25) is 0 Å². The van der Waals surface area contributed by atoms with Gasteiger partial charge in [0, 0.05) is 23.4 Å². The predicted molar refractivity (Wildman–Crippen MR) is 55.0 cm³/mol. The van der Waals surface area contributed by atoms with E-state index >= 15 is 0 Å². The Kier molecular flexibility index (Phi) is 2.84. The highest BCUT2D eigenvalue weighted by atomic mass is 32.2. The van der Waals surface area contributed by atoms with Crippen molar-refractivity contribution in [3.05, 3.63) is 42.0 Å². The van der Waals surface area contributed by atoms with Crippen molar-refractivity contribution >= 4 is 11.8 Å². The summed E-state index contributed by atoms with van der Waals surface area (Å²) < 4.78 is 5.10. The van der Waals surface area contributed by atoms with Gasteiger partial charge in [-0.15, -0.1) is 11.8 Å². The topological polar surface area (TPSA) is 38.9 Å². The minimum atomic E-state index is 0.810. The second kappa shape index (κ2) is 4.28. The van der Waals surface area contributed by atoms with Gasteiger partial charge in [0.25, 0.3) is 0 Å². The van der Waals surface area contributed by atoms with Gasteiger partial charge in [0.1, 0.15) is 5.76 Å². The summed E-state index contributed by atoms with van der Waals surface area (Å²) in [6.45, 7) is 1.92. The first kappa shape index (κ1) is 9.27. The summed E-state index contributed by atoms with van der Waals surface area (Å²) in [7, 11) is 0. The van der Waals surface area contributed by atoms with Gasteiger partial charge in [0.05, 0.1) is 11.4 Å². The summed E-state index contributed by atoms with van der Waals surface area (Å²) in [5, 5.41) is 3.83. The number of hydrogen-bond donors (Lipinski definition) is 0. The summed E-state index contributed by atoms with van der Waals surface area (Å²) in [5.74, 6) is 1.72. The average molecular weight is 206 g/mol. The van der Waals surface area contributed by atoms with Crippen LogP contribution in [-0.4, -0.2) is 10.1 Å². The van der Waals surface area contributed by atoms with Gasteiger partial charge in [-0.25, -0.2) is 0 Å². The monoisotopic (exact) mass is 206 g/mol. The molecule has 2 heterocycles. The molecule has 0 saturated carbocycles. The first-order valence-corrected chi connectivity index (χ1v) is 5.28. The first-order chi connectivity index (χ1) is 6.84. The maximum atomic E-state index is 5.10. The van der Waals surface area contributed by atoms with E-state index in [0.29, 0.717) is 0 Å². The van der Waals surface area contributed by atoms with E-state index in [-0.39, 0.29) is 0 Å². The Balaban J connectivity index is 1.95. The molecule has 0 amide bonds. The third-order valence-electron chi connectivity index (χ3n) is 1.71. The third kappa shape index (κ3) is 2.35. The standard InChI is InChI=1S/C10H10N2OS/c1-8-6-9(13-12-8)7-14-10-2-4-11-5-3-10/h2-6H,7H2,1H3. The summed E-state index contributed by atoms with van der Waals surface area (Å²) in [5.41, 5.74) is 0.926. The first-order valence-electron chi connectivity index (χ1n) is 4.29. The molecule has 0 atom stereocenters. The molecule has 72 valence electrons. The summed E-state index contributed by atoms with van der Waals surface area (Å²) in [4.78, 5) is 5.14. The van der Waals surface area contributed by atoms with Crippen LogP contribution in [0.25, 0.3) is 0 Å². The van der Waals surface area contributed by atoms with Crippen LogP contribution in [-0.2, 0) is 5.75 Å². The van der Waals surface area contributed by atoms with E-state index in [4.69, 9.17) is 4.52 Å². The number of thioether (sulfide) groups is 1. The lowest BCUT2D eigenvalue weighted by atomic mass is 10.4. The molecule has 0 spiro atoms. The molecule has 0 N–H and O–H groups in total. The van der Waals surface area contributed by atoms with Crippen LogP contribution >= 0.6 is 11.8 Å². The maximum Gasteiger partial charge on any atom is 0.147 e. The molecular formula is C10H10N2OS. The number of aryl methyl sites for hydroxylation is 1. The molecule has 0 aliphatic carbocycles. The average Bonchev–Trinajstić information content (AvgIpc) is 2.63. The predicted octanol–water partition coefficient (Wildman–Crippen LogP) is 2.67. The normalized spacial score (nSPS) is 10.4. The van der Waals surface area contributed by atoms with E-state index in [1.165, 1.54) is 4.90 Å². The zero-order valence-electron chi connectivity index (χ0n) is 7.80. The summed E-state index contributed by atoms with van der Waals surface area (Å²) in [6, 6.07) is 5.91. The summed E-state index contributed by atoms with van der Waals surface area (Å²) in [6.07, 6.45) is 3.57. The van der Waals surface area contributed by atoms with E-state index in [1.807, 2.05) is 25.1 Å². The molecule has 0 bridgehead atoms. The lowest BCUT2D eigenvalue weighted by molar-refractivity contribution is 0.391. The van der Waals surface area contributed by atoms with E-state index in [1.54, 1.807) is 24.2 Å². The molecule has 4 heteroatoms. The van der Waals surface area contributed by atoms with Crippen molar-refractivity contribution < 1.29 is 4.52 Å². The highest BCUT2D eigenvalue weighted by Gasteiger charge is 2.01. The lowest BCUT2D eigenvalue weighted by Gasteiger charge is -1.96. The number of rotatable bonds is 3. The molecule has 2 aromatic rings. The van der Waals surface area contributed by atoms with E-state index in [2.05, 4.69) is 10.1 Å².